The van der Waals surface area contributed by atoms with Gasteiger partial charge in [-0.15, -0.1) is 0 Å². The van der Waals surface area contributed by atoms with Gasteiger partial charge in [0, 0.05) is 36.7 Å². The first-order valence-electron chi connectivity index (χ1n) is 19.8. The van der Waals surface area contributed by atoms with Crippen molar-refractivity contribution in [2.45, 2.75) is 50.5 Å². The average Bonchev–Trinajstić information content (AvgIpc) is 3.25. The highest BCUT2D eigenvalue weighted by Gasteiger charge is 2.37. The number of hydrogen-bond donors (Lipinski definition) is 6. The number of H-pyrrole nitrogens is 1. The van der Waals surface area contributed by atoms with Crippen molar-refractivity contribution >= 4 is 28.9 Å². The molecular weight excluding hydrogens is 739 g/mol. The molecule has 3 saturated heterocycles. The maximum Gasteiger partial charge on any atom is 0.408 e. The maximum atomic E-state index is 13.2. The highest BCUT2D eigenvalue weighted by atomic mass is 16.6. The van der Waals surface area contributed by atoms with Crippen LogP contribution in [0, 0.1) is 5.92 Å². The summed E-state index contributed by atoms with van der Waals surface area (Å²) < 4.78 is 11.6. The third-order valence-corrected chi connectivity index (χ3v) is 11.0. The number of benzene rings is 4. The zero-order valence-corrected chi connectivity index (χ0v) is 32.2. The van der Waals surface area contributed by atoms with E-state index in [2.05, 4.69) is 25.8 Å². The Morgan fingerprint density at radius 2 is 1.60 bits per heavy atom. The Kier molecular flexibility index (Phi) is 13.1. The monoisotopic (exact) mass is 787 g/mol. The third kappa shape index (κ3) is 10.1. The predicted octanol–water partition coefficient (Wildman–Crippen LogP) is 5.33. The fourth-order valence-electron chi connectivity index (χ4n) is 7.75. The molecule has 2 amide bonds. The number of phenols is 1. The number of unbranched alkanes of at least 4 members (excludes halogenated alkanes) is 1. The van der Waals surface area contributed by atoms with E-state index in [9.17, 15) is 29.4 Å². The zero-order chi connectivity index (χ0) is 40.4. The number of aliphatic hydroxyl groups excluding tert-OH is 1. The number of carbonyl (C=O) groups is 3. The molecule has 6 N–H and O–H groups in total. The number of aromatic nitrogens is 1. The molecule has 5 aromatic rings. The van der Waals surface area contributed by atoms with Gasteiger partial charge < -0.3 is 40.6 Å². The normalized spacial score (nSPS) is 18.3. The van der Waals surface area contributed by atoms with Crippen LogP contribution in [0.2, 0.25) is 0 Å². The standard InChI is InChI=1S/C45H49N5O8/c51-37-17-15-35(36-16-18-40(53)48-42(36)37)38(52)26-46-21-4-5-22-47-43(54)32-13-11-29(12-14-32)28-57-44(55)34-10-6-9-33(25-34)41(31-7-2-1-3-8-31)49-45(56)58-39-27-50-23-19-30(39)20-24-50/h1-3,6-18,25,30,38-39,41,46,51-52H,4-5,19-24,26-28H2,(H,47,54)(H,48,53)(H,49,56)/t38-,39+,41?/m1/s1. The zero-order valence-electron chi connectivity index (χ0n) is 32.2. The predicted molar refractivity (Wildman–Crippen MR) is 218 cm³/mol. The van der Waals surface area contributed by atoms with Gasteiger partial charge in [0.05, 0.1) is 23.2 Å². The van der Waals surface area contributed by atoms with Gasteiger partial charge in [-0.1, -0.05) is 60.7 Å². The van der Waals surface area contributed by atoms with Crippen LogP contribution in [0.4, 0.5) is 4.79 Å². The van der Waals surface area contributed by atoms with Crippen LogP contribution in [0.5, 0.6) is 5.75 Å². The Balaban J connectivity index is 0.842. The van der Waals surface area contributed by atoms with Gasteiger partial charge >= 0.3 is 12.1 Å². The molecule has 1 unspecified atom stereocenters. The van der Waals surface area contributed by atoms with Crippen LogP contribution in [0.25, 0.3) is 10.9 Å². The second-order valence-corrected chi connectivity index (χ2v) is 14.9. The van der Waals surface area contributed by atoms with E-state index in [-0.39, 0.29) is 36.5 Å². The molecule has 3 fully saturated rings. The Morgan fingerprint density at radius 1 is 0.845 bits per heavy atom. The summed E-state index contributed by atoms with van der Waals surface area (Å²) in [5, 5.41) is 30.6. The molecule has 0 spiro atoms. The van der Waals surface area contributed by atoms with E-state index in [1.807, 2.05) is 36.4 Å². The fourth-order valence-corrected chi connectivity index (χ4v) is 7.75. The molecule has 58 heavy (non-hydrogen) atoms. The van der Waals surface area contributed by atoms with Crippen LogP contribution in [0.3, 0.4) is 0 Å². The summed E-state index contributed by atoms with van der Waals surface area (Å²) in [7, 11) is 0. The summed E-state index contributed by atoms with van der Waals surface area (Å²) in [5.41, 5.74) is 3.68. The van der Waals surface area contributed by atoms with E-state index in [1.54, 1.807) is 54.6 Å². The van der Waals surface area contributed by atoms with Crippen LogP contribution in [0.15, 0.2) is 108 Å². The molecule has 3 atom stereocenters. The lowest BCUT2D eigenvalue weighted by molar-refractivity contribution is -0.0336. The molecule has 13 nitrogen and oxygen atoms in total. The number of ether oxygens (including phenoxy) is 2. The van der Waals surface area contributed by atoms with Crippen LogP contribution >= 0.6 is 0 Å². The molecule has 3 aliphatic heterocycles. The van der Waals surface area contributed by atoms with E-state index >= 15 is 0 Å². The van der Waals surface area contributed by atoms with Crippen LogP contribution < -0.4 is 21.5 Å². The van der Waals surface area contributed by atoms with Gasteiger partial charge in [0.25, 0.3) is 5.91 Å². The van der Waals surface area contributed by atoms with Gasteiger partial charge in [0.15, 0.2) is 0 Å². The molecule has 4 aromatic carbocycles. The maximum absolute atomic E-state index is 13.2. The van der Waals surface area contributed by atoms with Crippen molar-refractivity contribution in [2.24, 2.45) is 5.92 Å². The number of alkyl carbamates (subject to hydrolysis) is 1. The van der Waals surface area contributed by atoms with E-state index in [4.69, 9.17) is 9.47 Å². The van der Waals surface area contributed by atoms with Crippen molar-refractivity contribution < 1.29 is 34.1 Å². The van der Waals surface area contributed by atoms with Crippen molar-refractivity contribution in [3.63, 3.8) is 0 Å². The number of amides is 2. The van der Waals surface area contributed by atoms with Gasteiger partial charge in [-0.3, -0.25) is 14.5 Å². The van der Waals surface area contributed by atoms with Crippen LogP contribution in [-0.2, 0) is 16.1 Å². The van der Waals surface area contributed by atoms with Gasteiger partial charge in [-0.05, 0) is 110 Å². The number of nitrogens with zero attached hydrogens (tertiary/aromatic N) is 1. The molecule has 0 radical (unpaired) electrons. The molecule has 1 aromatic heterocycles. The Hall–Kier alpha value is -6.02. The smallest absolute Gasteiger partial charge is 0.408 e. The SMILES string of the molecule is O=C(NC(c1ccccc1)c1cccc(C(=O)OCc2ccc(C(=O)NCCCCNC[C@@H](O)c3ccc(O)c4[nH]c(=O)ccc34)cc2)c1)O[C@H]1CN2CCC1CC2. The van der Waals surface area contributed by atoms with Gasteiger partial charge in [-0.2, -0.15) is 0 Å². The van der Waals surface area contributed by atoms with Crippen LogP contribution in [-0.4, -0.2) is 83.4 Å². The number of rotatable bonds is 16. The second-order valence-electron chi connectivity index (χ2n) is 14.9. The first-order valence-corrected chi connectivity index (χ1v) is 19.8. The lowest BCUT2D eigenvalue weighted by atomic mass is 9.86. The van der Waals surface area contributed by atoms with Crippen LogP contribution in [0.1, 0.15) is 80.8 Å². The minimum absolute atomic E-state index is 0.0153. The van der Waals surface area contributed by atoms with Gasteiger partial charge in [-0.25, -0.2) is 9.59 Å². The molecule has 2 bridgehead atoms. The molecule has 3 aliphatic rings. The lowest BCUT2D eigenvalue weighted by Gasteiger charge is -2.43. The summed E-state index contributed by atoms with van der Waals surface area (Å²) >= 11 is 0. The number of carbonyl (C=O) groups excluding carboxylic acids is 3. The number of aromatic hydroxyl groups is 1. The summed E-state index contributed by atoms with van der Waals surface area (Å²) in [4.78, 5) is 55.8. The van der Waals surface area contributed by atoms with Crippen molar-refractivity contribution in [1.29, 1.82) is 0 Å². The molecule has 302 valence electrons. The minimum Gasteiger partial charge on any atom is -0.506 e. The second kappa shape index (κ2) is 18.9. The highest BCUT2D eigenvalue weighted by molar-refractivity contribution is 5.94. The van der Waals surface area contributed by atoms with Crippen molar-refractivity contribution in [3.8, 4) is 5.75 Å². The summed E-state index contributed by atoms with van der Waals surface area (Å²) in [6.07, 6.45) is 2.10. The number of fused-ring (bicyclic) bond motifs is 4. The Labute approximate surface area is 336 Å². The molecule has 13 heteroatoms. The largest absolute Gasteiger partial charge is 0.506 e. The van der Waals surface area contributed by atoms with E-state index < -0.39 is 24.2 Å². The number of aromatic amines is 1. The number of piperidine rings is 3. The topological polar surface area (TPSA) is 182 Å². The number of esters is 1. The van der Waals surface area contributed by atoms with E-state index in [0.717, 1.165) is 62.0 Å². The summed E-state index contributed by atoms with van der Waals surface area (Å²) in [6, 6.07) is 29.0. The van der Waals surface area contributed by atoms with Gasteiger partial charge in [0.2, 0.25) is 5.56 Å². The minimum atomic E-state index is -0.843. The average molecular weight is 788 g/mol. The number of hydrogen-bond acceptors (Lipinski definition) is 10. The van der Waals surface area contributed by atoms with E-state index in [1.165, 1.54) is 12.1 Å². The molecular formula is C45H49N5O8. The number of nitrogens with one attached hydrogen (secondary N) is 4. The van der Waals surface area contributed by atoms with Crippen molar-refractivity contribution in [1.82, 2.24) is 25.8 Å². The van der Waals surface area contributed by atoms with Crippen molar-refractivity contribution in [2.75, 3.05) is 39.3 Å². The number of phenolic OH excluding ortho intramolecular Hbond substituents is 1. The Morgan fingerprint density at radius 3 is 2.36 bits per heavy atom. The molecule has 0 aliphatic carbocycles. The molecule has 8 rings (SSSR count). The number of pyridine rings is 1. The Bertz CT molecular complexity index is 2260. The highest BCUT2D eigenvalue weighted by Crippen LogP contribution is 2.31. The fraction of sp³-hybridized carbons (Fsp3) is 0.333. The molecule has 0 saturated carbocycles. The van der Waals surface area contributed by atoms with E-state index in [0.29, 0.717) is 46.6 Å². The molecule has 4 heterocycles. The third-order valence-electron chi connectivity index (χ3n) is 11.0. The van der Waals surface area contributed by atoms with Crippen molar-refractivity contribution in [3.05, 3.63) is 147 Å². The lowest BCUT2D eigenvalue weighted by Crippen LogP contribution is -2.52. The quantitative estimate of drug-likeness (QED) is 0.0565. The van der Waals surface area contributed by atoms with Gasteiger partial charge in [0.1, 0.15) is 18.5 Å². The first-order chi connectivity index (χ1) is 28.2. The summed E-state index contributed by atoms with van der Waals surface area (Å²) in [5.74, 6) is -0.400. The summed E-state index contributed by atoms with van der Waals surface area (Å²) in [6.45, 7) is 4.25. The number of aliphatic hydroxyl groups is 1. The first kappa shape index (κ1) is 40.2.